The maximum atomic E-state index is 13.1. The minimum atomic E-state index is -1.33. The monoisotopic (exact) mass is 475 g/mol. The molecule has 2 N–H and O–H groups in total. The molecule has 0 spiro atoms. The van der Waals surface area contributed by atoms with Crippen LogP contribution in [0.5, 0.6) is 11.5 Å². The van der Waals surface area contributed by atoms with Gasteiger partial charge in [-0.2, -0.15) is 0 Å². The van der Waals surface area contributed by atoms with Crippen molar-refractivity contribution in [3.05, 3.63) is 52.0 Å². The zero-order valence-corrected chi connectivity index (χ0v) is 18.6. The van der Waals surface area contributed by atoms with E-state index < -0.39 is 29.9 Å². The highest BCUT2D eigenvalue weighted by Gasteiger charge is 2.49. The van der Waals surface area contributed by atoms with Gasteiger partial charge in [0.05, 0.1) is 14.2 Å². The molecule has 0 aliphatic carbocycles. The lowest BCUT2D eigenvalue weighted by Gasteiger charge is -2.23. The Labute approximate surface area is 182 Å². The van der Waals surface area contributed by atoms with Crippen LogP contribution in [0.25, 0.3) is 0 Å². The molecule has 8 nitrogen and oxygen atoms in total. The van der Waals surface area contributed by atoms with Crippen molar-refractivity contribution in [3.8, 4) is 11.5 Å². The SMILES string of the molecule is COc1ccc([C@@]2(C)NC(=O)N(CC(=O)Nc3ccc(Br)c(C)c3)C2=O)cc1OC. The molecule has 0 aromatic heterocycles. The van der Waals surface area contributed by atoms with Gasteiger partial charge in [0.1, 0.15) is 12.1 Å². The minimum absolute atomic E-state index is 0.400. The van der Waals surface area contributed by atoms with Crippen molar-refractivity contribution in [1.82, 2.24) is 10.2 Å². The number of carbonyl (C=O) groups excluding carboxylic acids is 3. The second-order valence-electron chi connectivity index (χ2n) is 7.03. The summed E-state index contributed by atoms with van der Waals surface area (Å²) in [5.74, 6) is -0.0682. The van der Waals surface area contributed by atoms with E-state index in [1.54, 1.807) is 37.3 Å². The molecule has 30 heavy (non-hydrogen) atoms. The van der Waals surface area contributed by atoms with Crippen LogP contribution in [-0.2, 0) is 15.1 Å². The summed E-state index contributed by atoms with van der Waals surface area (Å²) < 4.78 is 11.4. The number of aryl methyl sites for hydroxylation is 1. The zero-order chi connectivity index (χ0) is 22.1. The number of halogens is 1. The predicted octanol–water partition coefficient (Wildman–Crippen LogP) is 3.18. The van der Waals surface area contributed by atoms with Gasteiger partial charge in [-0.1, -0.05) is 22.0 Å². The number of hydrogen-bond acceptors (Lipinski definition) is 5. The van der Waals surface area contributed by atoms with Crippen LogP contribution >= 0.6 is 15.9 Å². The topological polar surface area (TPSA) is 97.0 Å². The van der Waals surface area contributed by atoms with Gasteiger partial charge >= 0.3 is 6.03 Å². The van der Waals surface area contributed by atoms with Gasteiger partial charge < -0.3 is 20.1 Å². The van der Waals surface area contributed by atoms with Crippen molar-refractivity contribution in [1.29, 1.82) is 0 Å². The maximum absolute atomic E-state index is 13.1. The molecule has 9 heteroatoms. The van der Waals surface area contributed by atoms with Gasteiger partial charge in [-0.15, -0.1) is 0 Å². The molecule has 1 atom stereocenters. The Bertz CT molecular complexity index is 1030. The van der Waals surface area contributed by atoms with Crippen LogP contribution < -0.4 is 20.1 Å². The number of urea groups is 1. The second-order valence-corrected chi connectivity index (χ2v) is 7.88. The number of ether oxygens (including phenoxy) is 2. The second kappa shape index (κ2) is 8.35. The number of carbonyl (C=O) groups is 3. The largest absolute Gasteiger partial charge is 0.493 e. The lowest BCUT2D eigenvalue weighted by Crippen LogP contribution is -2.42. The summed E-state index contributed by atoms with van der Waals surface area (Å²) in [6, 6.07) is 9.66. The maximum Gasteiger partial charge on any atom is 0.325 e. The molecule has 0 radical (unpaired) electrons. The molecule has 4 amide bonds. The fraction of sp³-hybridized carbons (Fsp3) is 0.286. The van der Waals surface area contributed by atoms with Crippen LogP contribution in [0.1, 0.15) is 18.1 Å². The van der Waals surface area contributed by atoms with Crippen LogP contribution in [0.4, 0.5) is 10.5 Å². The van der Waals surface area contributed by atoms with E-state index in [0.29, 0.717) is 22.7 Å². The third-order valence-electron chi connectivity index (χ3n) is 4.98. The van der Waals surface area contributed by atoms with Gasteiger partial charge in [0.15, 0.2) is 11.5 Å². The van der Waals surface area contributed by atoms with Crippen LogP contribution in [0.3, 0.4) is 0 Å². The number of nitrogens with zero attached hydrogens (tertiary/aromatic N) is 1. The normalized spacial score (nSPS) is 18.2. The van der Waals surface area contributed by atoms with Crippen molar-refractivity contribution in [2.45, 2.75) is 19.4 Å². The van der Waals surface area contributed by atoms with E-state index >= 15 is 0 Å². The van der Waals surface area contributed by atoms with Crippen molar-refractivity contribution < 1.29 is 23.9 Å². The van der Waals surface area contributed by atoms with Crippen molar-refractivity contribution in [2.75, 3.05) is 26.1 Å². The third-order valence-corrected chi connectivity index (χ3v) is 5.87. The highest BCUT2D eigenvalue weighted by Crippen LogP contribution is 2.35. The summed E-state index contributed by atoms with van der Waals surface area (Å²) in [4.78, 5) is 38.9. The van der Waals surface area contributed by atoms with Gasteiger partial charge in [-0.05, 0) is 55.3 Å². The first-order valence-electron chi connectivity index (χ1n) is 9.12. The van der Waals surface area contributed by atoms with E-state index in [2.05, 4.69) is 26.6 Å². The van der Waals surface area contributed by atoms with Gasteiger partial charge in [-0.25, -0.2) is 4.79 Å². The molecule has 1 saturated heterocycles. The summed E-state index contributed by atoms with van der Waals surface area (Å²) in [6.07, 6.45) is 0. The molecular weight excluding hydrogens is 454 g/mol. The number of hydrogen-bond donors (Lipinski definition) is 2. The summed E-state index contributed by atoms with van der Waals surface area (Å²) in [7, 11) is 2.99. The number of amides is 4. The van der Waals surface area contributed by atoms with E-state index in [1.807, 2.05) is 13.0 Å². The predicted molar refractivity (Wildman–Crippen MR) is 115 cm³/mol. The van der Waals surface area contributed by atoms with Gasteiger partial charge in [-0.3, -0.25) is 14.5 Å². The minimum Gasteiger partial charge on any atom is -0.493 e. The molecule has 3 rings (SSSR count). The summed E-state index contributed by atoms with van der Waals surface area (Å²) >= 11 is 3.40. The smallest absolute Gasteiger partial charge is 0.325 e. The van der Waals surface area contributed by atoms with E-state index in [4.69, 9.17) is 9.47 Å². The molecule has 1 aliphatic heterocycles. The number of nitrogens with one attached hydrogen (secondary N) is 2. The lowest BCUT2D eigenvalue weighted by molar-refractivity contribution is -0.133. The molecule has 0 saturated carbocycles. The molecular formula is C21H22BrN3O5. The van der Waals surface area contributed by atoms with Crippen LogP contribution in [0, 0.1) is 6.92 Å². The number of methoxy groups -OCH3 is 2. The highest BCUT2D eigenvalue weighted by molar-refractivity contribution is 9.10. The van der Waals surface area contributed by atoms with E-state index in [1.165, 1.54) is 14.2 Å². The van der Waals surface area contributed by atoms with Gasteiger partial charge in [0.25, 0.3) is 5.91 Å². The first-order chi connectivity index (χ1) is 14.2. The quantitative estimate of drug-likeness (QED) is 0.625. The molecule has 0 bridgehead atoms. The first-order valence-corrected chi connectivity index (χ1v) is 9.91. The van der Waals surface area contributed by atoms with E-state index in [-0.39, 0.29) is 0 Å². The fourth-order valence-corrected chi connectivity index (χ4v) is 3.50. The summed E-state index contributed by atoms with van der Waals surface area (Å²) in [5, 5.41) is 5.38. The third kappa shape index (κ3) is 3.97. The number of imide groups is 1. The lowest BCUT2D eigenvalue weighted by atomic mass is 9.91. The number of benzene rings is 2. The summed E-state index contributed by atoms with van der Waals surface area (Å²) in [5.41, 5.74) is 0.717. The first kappa shape index (κ1) is 21.6. The number of anilines is 1. The zero-order valence-electron chi connectivity index (χ0n) is 17.0. The average molecular weight is 476 g/mol. The van der Waals surface area contributed by atoms with Crippen molar-refractivity contribution in [3.63, 3.8) is 0 Å². The Balaban J connectivity index is 1.78. The molecule has 1 aliphatic rings. The van der Waals surface area contributed by atoms with Crippen LogP contribution in [0.15, 0.2) is 40.9 Å². The summed E-state index contributed by atoms with van der Waals surface area (Å²) in [6.45, 7) is 3.08. The van der Waals surface area contributed by atoms with Crippen LogP contribution in [-0.4, -0.2) is 43.5 Å². The molecule has 1 fully saturated rings. The molecule has 1 heterocycles. The van der Waals surface area contributed by atoms with Crippen molar-refractivity contribution in [2.24, 2.45) is 0 Å². The fourth-order valence-electron chi connectivity index (χ4n) is 3.25. The van der Waals surface area contributed by atoms with E-state index in [0.717, 1.165) is 14.9 Å². The Morgan fingerprint density at radius 1 is 1.13 bits per heavy atom. The molecule has 158 valence electrons. The van der Waals surface area contributed by atoms with Crippen molar-refractivity contribution >= 4 is 39.5 Å². The molecule has 2 aromatic rings. The average Bonchev–Trinajstić information content (AvgIpc) is 2.94. The molecule has 2 aromatic carbocycles. The van der Waals surface area contributed by atoms with Gasteiger partial charge in [0.2, 0.25) is 5.91 Å². The van der Waals surface area contributed by atoms with Crippen LogP contribution in [0.2, 0.25) is 0 Å². The Hall–Kier alpha value is -3.07. The van der Waals surface area contributed by atoms with E-state index in [9.17, 15) is 14.4 Å². The standard InChI is InChI=1S/C21H22BrN3O5/c1-12-9-14(6-7-15(12)22)23-18(26)11-25-19(27)21(2,24-20(25)28)13-5-8-16(29-3)17(10-13)30-4/h5-10H,11H2,1-4H3,(H,23,26)(H,24,28)/t21-/m1/s1. The Kier molecular flexibility index (Phi) is 6.02. The Morgan fingerprint density at radius 3 is 2.47 bits per heavy atom. The number of rotatable bonds is 6. The Morgan fingerprint density at radius 2 is 1.83 bits per heavy atom. The van der Waals surface area contributed by atoms with Gasteiger partial charge in [0, 0.05) is 10.2 Å². The highest BCUT2D eigenvalue weighted by atomic mass is 79.9. The molecule has 0 unspecified atom stereocenters.